The van der Waals surface area contributed by atoms with Gasteiger partial charge in [-0.15, -0.1) is 0 Å². The van der Waals surface area contributed by atoms with Crippen LogP contribution >= 0.6 is 15.9 Å². The second kappa shape index (κ2) is 5.13. The lowest BCUT2D eigenvalue weighted by molar-refractivity contribution is 1.09. The van der Waals surface area contributed by atoms with Gasteiger partial charge in [-0.1, -0.05) is 6.07 Å². The fraction of sp³-hybridized carbons (Fsp3) is 0.143. The van der Waals surface area contributed by atoms with Gasteiger partial charge in [-0.3, -0.25) is 0 Å². The molecule has 0 spiro atoms. The molecule has 0 fully saturated rings. The number of aryl methyl sites for hydroxylation is 1. The van der Waals surface area contributed by atoms with Gasteiger partial charge in [0.1, 0.15) is 5.82 Å². The molecule has 0 aliphatic carbocycles. The molecule has 3 rings (SSSR count). The molecule has 1 aromatic carbocycles. The van der Waals surface area contributed by atoms with Gasteiger partial charge in [0.15, 0.2) is 0 Å². The van der Waals surface area contributed by atoms with Crippen molar-refractivity contribution in [3.63, 3.8) is 0 Å². The van der Waals surface area contributed by atoms with Gasteiger partial charge in [0.25, 0.3) is 0 Å². The van der Waals surface area contributed by atoms with Crippen molar-refractivity contribution in [2.24, 2.45) is 0 Å². The maximum absolute atomic E-state index is 11.2. The largest absolute Gasteiger partial charge is 0.366 e. The summed E-state index contributed by atoms with van der Waals surface area (Å²) in [5.41, 5.74) is 3.47. The molecule has 0 atom stereocenters. The first-order chi connectivity index (χ1) is 9.61. The number of nitrogens with one attached hydrogen (secondary N) is 3. The van der Waals surface area contributed by atoms with Crippen LogP contribution in [-0.4, -0.2) is 15.0 Å². The van der Waals surface area contributed by atoms with Crippen molar-refractivity contribution in [3.05, 3.63) is 56.5 Å². The third-order valence-electron chi connectivity index (χ3n) is 3.08. The number of fused-ring (bicyclic) bond motifs is 1. The molecule has 20 heavy (non-hydrogen) atoms. The zero-order valence-corrected chi connectivity index (χ0v) is 12.4. The Bertz CT molecular complexity index is 821. The predicted molar refractivity (Wildman–Crippen MR) is 82.9 cm³/mol. The molecule has 3 N–H and O–H groups in total. The van der Waals surface area contributed by atoms with Gasteiger partial charge in [-0.2, -0.15) is 0 Å². The number of hydrogen-bond acceptors (Lipinski definition) is 3. The lowest BCUT2D eigenvalue weighted by Gasteiger charge is -2.07. The van der Waals surface area contributed by atoms with Crippen molar-refractivity contribution >= 4 is 32.8 Å². The lowest BCUT2D eigenvalue weighted by atomic mass is 10.2. The molecule has 0 saturated heterocycles. The van der Waals surface area contributed by atoms with Crippen LogP contribution in [0.2, 0.25) is 0 Å². The van der Waals surface area contributed by atoms with E-state index in [1.54, 1.807) is 0 Å². The minimum atomic E-state index is -0.185. The Morgan fingerprint density at radius 1 is 1.20 bits per heavy atom. The van der Waals surface area contributed by atoms with E-state index in [1.807, 2.05) is 37.3 Å². The molecule has 5 nitrogen and oxygen atoms in total. The number of pyridine rings is 1. The van der Waals surface area contributed by atoms with Crippen molar-refractivity contribution in [1.82, 2.24) is 15.0 Å². The van der Waals surface area contributed by atoms with Crippen LogP contribution in [0, 0.1) is 6.92 Å². The smallest absolute Gasteiger partial charge is 0.323 e. The lowest BCUT2D eigenvalue weighted by Crippen LogP contribution is -2.02. The molecule has 0 amide bonds. The molecule has 0 aliphatic rings. The van der Waals surface area contributed by atoms with E-state index in [-0.39, 0.29) is 5.69 Å². The van der Waals surface area contributed by atoms with E-state index in [0.717, 1.165) is 32.6 Å². The first kappa shape index (κ1) is 12.9. The monoisotopic (exact) mass is 332 g/mol. The molecule has 2 aromatic heterocycles. The van der Waals surface area contributed by atoms with E-state index in [1.165, 1.54) is 0 Å². The molecule has 102 valence electrons. The summed E-state index contributed by atoms with van der Waals surface area (Å²) in [5, 5.41) is 3.27. The summed E-state index contributed by atoms with van der Waals surface area (Å²) in [7, 11) is 0. The highest BCUT2D eigenvalue weighted by molar-refractivity contribution is 9.10. The number of halogens is 1. The van der Waals surface area contributed by atoms with E-state index in [2.05, 4.69) is 36.2 Å². The number of rotatable bonds is 3. The fourth-order valence-corrected chi connectivity index (χ4v) is 2.25. The van der Waals surface area contributed by atoms with Gasteiger partial charge in [0.05, 0.1) is 16.7 Å². The number of aromatic amines is 2. The van der Waals surface area contributed by atoms with Gasteiger partial charge >= 0.3 is 5.69 Å². The maximum Gasteiger partial charge on any atom is 0.323 e. The Balaban J connectivity index is 1.78. The fourth-order valence-electron chi connectivity index (χ4n) is 2.02. The Hall–Kier alpha value is -2.08. The summed E-state index contributed by atoms with van der Waals surface area (Å²) < 4.78 is 0.995. The molecule has 0 bridgehead atoms. The first-order valence-electron chi connectivity index (χ1n) is 6.20. The zero-order chi connectivity index (χ0) is 14.1. The summed E-state index contributed by atoms with van der Waals surface area (Å²) in [6.07, 6.45) is 0. The first-order valence-corrected chi connectivity index (χ1v) is 6.99. The van der Waals surface area contributed by atoms with Gasteiger partial charge in [-0.05, 0) is 52.7 Å². The van der Waals surface area contributed by atoms with Gasteiger partial charge in [0, 0.05) is 11.0 Å². The van der Waals surface area contributed by atoms with Crippen LogP contribution in [0.25, 0.3) is 11.0 Å². The molecule has 0 unspecified atom stereocenters. The molecular weight excluding hydrogens is 320 g/mol. The van der Waals surface area contributed by atoms with Crippen LogP contribution in [0.1, 0.15) is 11.3 Å². The van der Waals surface area contributed by atoms with Crippen molar-refractivity contribution in [2.45, 2.75) is 13.5 Å². The van der Waals surface area contributed by atoms with Gasteiger partial charge in [-0.25, -0.2) is 9.78 Å². The highest BCUT2D eigenvalue weighted by atomic mass is 79.9. The minimum Gasteiger partial charge on any atom is -0.366 e. The van der Waals surface area contributed by atoms with E-state index in [0.29, 0.717) is 6.54 Å². The summed E-state index contributed by atoms with van der Waals surface area (Å²) >= 11 is 3.43. The molecule has 0 saturated carbocycles. The topological polar surface area (TPSA) is 73.6 Å². The molecule has 2 heterocycles. The van der Waals surface area contributed by atoms with Crippen LogP contribution in [0.4, 0.5) is 5.82 Å². The van der Waals surface area contributed by atoms with Crippen LogP contribution in [0.3, 0.4) is 0 Å². The second-order valence-corrected chi connectivity index (χ2v) is 5.43. The molecule has 0 aliphatic heterocycles. The average molecular weight is 333 g/mol. The highest BCUT2D eigenvalue weighted by Gasteiger charge is 2.02. The van der Waals surface area contributed by atoms with Gasteiger partial charge < -0.3 is 15.3 Å². The highest BCUT2D eigenvalue weighted by Crippen LogP contribution is 2.17. The minimum absolute atomic E-state index is 0.185. The predicted octanol–water partition coefficient (Wildman–Crippen LogP) is 2.93. The molecular formula is C14H13BrN4O. The van der Waals surface area contributed by atoms with Crippen LogP contribution in [-0.2, 0) is 6.54 Å². The third-order valence-corrected chi connectivity index (χ3v) is 3.91. The summed E-state index contributed by atoms with van der Waals surface area (Å²) in [5.74, 6) is 0.827. The number of benzene rings is 1. The van der Waals surface area contributed by atoms with E-state index >= 15 is 0 Å². The van der Waals surface area contributed by atoms with E-state index < -0.39 is 0 Å². The van der Waals surface area contributed by atoms with Crippen molar-refractivity contribution in [2.75, 3.05) is 5.32 Å². The van der Waals surface area contributed by atoms with Crippen molar-refractivity contribution in [3.8, 4) is 0 Å². The quantitative estimate of drug-likeness (QED) is 0.690. The van der Waals surface area contributed by atoms with Gasteiger partial charge in [0.2, 0.25) is 0 Å². The summed E-state index contributed by atoms with van der Waals surface area (Å²) in [6, 6.07) is 9.71. The van der Waals surface area contributed by atoms with E-state index in [9.17, 15) is 4.79 Å². The molecule has 6 heteroatoms. The number of anilines is 1. The molecule has 0 radical (unpaired) electrons. The zero-order valence-electron chi connectivity index (χ0n) is 10.8. The summed E-state index contributed by atoms with van der Waals surface area (Å²) in [6.45, 7) is 2.60. The Morgan fingerprint density at radius 3 is 2.80 bits per heavy atom. The molecule has 3 aromatic rings. The second-order valence-electron chi connectivity index (χ2n) is 4.58. The van der Waals surface area contributed by atoms with Crippen molar-refractivity contribution < 1.29 is 0 Å². The maximum atomic E-state index is 11.2. The Labute approximate surface area is 123 Å². The Kier molecular flexibility index (Phi) is 3.31. The van der Waals surface area contributed by atoms with Crippen LogP contribution in [0.5, 0.6) is 0 Å². The van der Waals surface area contributed by atoms with Crippen LogP contribution in [0.15, 0.2) is 39.6 Å². The van der Waals surface area contributed by atoms with E-state index in [4.69, 9.17) is 0 Å². The standard InChI is InChI=1S/C14H13BrN4O/c1-8-10(15)3-5-13(17-8)16-7-9-2-4-11-12(6-9)19-14(20)18-11/h2-6H,7H2,1H3,(H,16,17)(H2,18,19,20). The number of nitrogens with zero attached hydrogens (tertiary/aromatic N) is 1. The summed E-state index contributed by atoms with van der Waals surface area (Å²) in [4.78, 5) is 21.1. The van der Waals surface area contributed by atoms with Crippen molar-refractivity contribution in [1.29, 1.82) is 0 Å². The average Bonchev–Trinajstić information content (AvgIpc) is 2.79. The SMILES string of the molecule is Cc1nc(NCc2ccc3[nH]c(=O)[nH]c3c2)ccc1Br. The van der Waals surface area contributed by atoms with Crippen LogP contribution < -0.4 is 11.0 Å². The Morgan fingerprint density at radius 2 is 2.00 bits per heavy atom. The normalized spacial score (nSPS) is 10.9. The third kappa shape index (κ3) is 2.60. The number of imidazole rings is 1. The number of hydrogen-bond donors (Lipinski definition) is 3. The number of aromatic nitrogens is 3. The number of H-pyrrole nitrogens is 2.